The van der Waals surface area contributed by atoms with Crippen LogP contribution in [0.2, 0.25) is 5.02 Å². The number of ether oxygens (including phenoxy) is 1. The van der Waals surface area contributed by atoms with Gasteiger partial charge in [0, 0.05) is 30.1 Å². The molecule has 2 fully saturated rings. The summed E-state index contributed by atoms with van der Waals surface area (Å²) in [6.45, 7) is 0.464. The quantitative estimate of drug-likeness (QED) is 0.287. The molecule has 0 radical (unpaired) electrons. The highest BCUT2D eigenvalue weighted by Gasteiger charge is 2.45. The van der Waals surface area contributed by atoms with Crippen LogP contribution in [0.5, 0.6) is 0 Å². The van der Waals surface area contributed by atoms with Crippen molar-refractivity contribution in [2.75, 3.05) is 25.1 Å². The number of alkyl halides is 3. The Morgan fingerprint density at radius 2 is 1.76 bits per heavy atom. The summed E-state index contributed by atoms with van der Waals surface area (Å²) < 4.78 is 44.1. The van der Waals surface area contributed by atoms with E-state index in [0.717, 1.165) is 17.7 Å². The summed E-state index contributed by atoms with van der Waals surface area (Å²) >= 11 is 6.40. The Labute approximate surface area is 216 Å². The van der Waals surface area contributed by atoms with E-state index >= 15 is 0 Å². The standard InChI is InChI=1S/C25H25ClF3N3O5/c1-37-24(34)21-9-8-19(17-4-2-3-5-18(17)26)31(21)23(33)15-10-12-30(13-11-15)20-7-6-16(25(27,28)29)14-22(20)32(35)36/h2-7,14-15,19,21H,8-13H2,1H3/t19-,21+/m1/s1. The number of rotatable bonds is 5. The molecular formula is C25H25ClF3N3O5. The molecule has 2 aromatic rings. The highest BCUT2D eigenvalue weighted by molar-refractivity contribution is 6.31. The molecule has 0 aliphatic carbocycles. The molecule has 2 saturated heterocycles. The summed E-state index contributed by atoms with van der Waals surface area (Å²) in [6.07, 6.45) is -3.11. The normalized spacial score (nSPS) is 20.7. The van der Waals surface area contributed by atoms with Crippen LogP contribution in [0.15, 0.2) is 42.5 Å². The van der Waals surface area contributed by atoms with E-state index in [2.05, 4.69) is 0 Å². The van der Waals surface area contributed by atoms with E-state index in [-0.39, 0.29) is 24.7 Å². The molecular weight excluding hydrogens is 515 g/mol. The van der Waals surface area contributed by atoms with Crippen LogP contribution in [0.25, 0.3) is 0 Å². The van der Waals surface area contributed by atoms with E-state index in [4.69, 9.17) is 16.3 Å². The van der Waals surface area contributed by atoms with Crippen LogP contribution < -0.4 is 4.90 Å². The zero-order chi connectivity index (χ0) is 26.9. The molecule has 37 heavy (non-hydrogen) atoms. The van der Waals surface area contributed by atoms with Crippen LogP contribution in [0, 0.1) is 16.0 Å². The first-order chi connectivity index (χ1) is 17.5. The lowest BCUT2D eigenvalue weighted by molar-refractivity contribution is -0.384. The smallest absolute Gasteiger partial charge is 0.416 e. The number of likely N-dealkylation sites (tertiary alicyclic amines) is 1. The molecule has 1 amide bonds. The van der Waals surface area contributed by atoms with Crippen molar-refractivity contribution in [3.63, 3.8) is 0 Å². The molecule has 0 bridgehead atoms. The monoisotopic (exact) mass is 539 g/mol. The van der Waals surface area contributed by atoms with Gasteiger partial charge in [-0.25, -0.2) is 4.79 Å². The number of nitro groups is 1. The molecule has 2 aliphatic heterocycles. The molecule has 12 heteroatoms. The lowest BCUT2D eigenvalue weighted by atomic mass is 9.93. The summed E-state index contributed by atoms with van der Waals surface area (Å²) in [5.74, 6) is -1.22. The Morgan fingerprint density at radius 1 is 1.08 bits per heavy atom. The summed E-state index contributed by atoms with van der Waals surface area (Å²) in [4.78, 5) is 40.1. The van der Waals surface area contributed by atoms with Crippen LogP contribution >= 0.6 is 11.6 Å². The predicted molar refractivity (Wildman–Crippen MR) is 129 cm³/mol. The molecule has 0 saturated carbocycles. The van der Waals surface area contributed by atoms with Crippen LogP contribution in [0.1, 0.15) is 42.9 Å². The van der Waals surface area contributed by atoms with Crippen LogP contribution in [0.4, 0.5) is 24.5 Å². The number of esters is 1. The number of benzene rings is 2. The number of nitro benzene ring substituents is 1. The highest BCUT2D eigenvalue weighted by Crippen LogP contribution is 2.42. The van der Waals surface area contributed by atoms with Crippen molar-refractivity contribution < 1.29 is 32.4 Å². The molecule has 2 aliphatic rings. The van der Waals surface area contributed by atoms with Crippen LogP contribution in [0.3, 0.4) is 0 Å². The lowest BCUT2D eigenvalue weighted by Gasteiger charge is -2.37. The number of carbonyl (C=O) groups is 2. The third-order valence-corrected chi connectivity index (χ3v) is 7.41. The fourth-order valence-corrected chi connectivity index (χ4v) is 5.49. The number of hydrogen-bond donors (Lipinski definition) is 0. The fourth-order valence-electron chi connectivity index (χ4n) is 5.23. The Morgan fingerprint density at radius 3 is 2.35 bits per heavy atom. The number of piperidine rings is 1. The third kappa shape index (κ3) is 5.36. The van der Waals surface area contributed by atoms with Gasteiger partial charge in [0.15, 0.2) is 0 Å². The molecule has 8 nitrogen and oxygen atoms in total. The van der Waals surface area contributed by atoms with Gasteiger partial charge in [0.1, 0.15) is 11.7 Å². The molecule has 198 valence electrons. The first-order valence-corrected chi connectivity index (χ1v) is 12.2. The first-order valence-electron chi connectivity index (χ1n) is 11.8. The zero-order valence-electron chi connectivity index (χ0n) is 19.9. The van der Waals surface area contributed by atoms with Gasteiger partial charge in [-0.15, -0.1) is 0 Å². The van der Waals surface area contributed by atoms with Crippen molar-refractivity contribution in [3.8, 4) is 0 Å². The fraction of sp³-hybridized carbons (Fsp3) is 0.440. The molecule has 0 N–H and O–H groups in total. The SMILES string of the molecule is COC(=O)[C@@H]1CC[C@H](c2ccccc2Cl)N1C(=O)C1CCN(c2ccc(C(F)(F)F)cc2[N+](=O)[O-])CC1. The van der Waals surface area contributed by atoms with Gasteiger partial charge in [-0.2, -0.15) is 13.2 Å². The first kappa shape index (κ1) is 26.7. The van der Waals surface area contributed by atoms with Crippen molar-refractivity contribution >= 4 is 34.9 Å². The minimum absolute atomic E-state index is 0.0754. The third-order valence-electron chi connectivity index (χ3n) is 7.06. The topological polar surface area (TPSA) is 93.0 Å². The molecule has 2 atom stereocenters. The summed E-state index contributed by atoms with van der Waals surface area (Å²) in [5, 5.41) is 12.0. The van der Waals surface area contributed by atoms with Crippen molar-refractivity contribution in [1.82, 2.24) is 4.90 Å². The summed E-state index contributed by atoms with van der Waals surface area (Å²) in [5.41, 5.74) is -0.918. The van der Waals surface area contributed by atoms with E-state index in [1.165, 1.54) is 7.11 Å². The molecule has 2 aromatic carbocycles. The van der Waals surface area contributed by atoms with E-state index < -0.39 is 46.3 Å². The van der Waals surface area contributed by atoms with Crippen molar-refractivity contribution in [3.05, 3.63) is 68.7 Å². The number of methoxy groups -OCH3 is 1. The maximum atomic E-state index is 13.7. The Bertz CT molecular complexity index is 1200. The predicted octanol–water partition coefficient (Wildman–Crippen LogP) is 5.39. The molecule has 2 heterocycles. The van der Waals surface area contributed by atoms with Gasteiger partial charge in [-0.3, -0.25) is 14.9 Å². The maximum Gasteiger partial charge on any atom is 0.416 e. The van der Waals surface area contributed by atoms with E-state index in [1.54, 1.807) is 21.9 Å². The van der Waals surface area contributed by atoms with Crippen LogP contribution in [-0.2, 0) is 20.5 Å². The van der Waals surface area contributed by atoms with Gasteiger partial charge < -0.3 is 14.5 Å². The van der Waals surface area contributed by atoms with Crippen LogP contribution in [-0.4, -0.2) is 47.9 Å². The van der Waals surface area contributed by atoms with E-state index in [0.29, 0.717) is 36.8 Å². The Hall–Kier alpha value is -3.34. The molecule has 0 aromatic heterocycles. The minimum Gasteiger partial charge on any atom is -0.467 e. The number of carbonyl (C=O) groups excluding carboxylic acids is 2. The van der Waals surface area contributed by atoms with Gasteiger partial charge in [-0.1, -0.05) is 29.8 Å². The second kappa shape index (κ2) is 10.6. The average molecular weight is 540 g/mol. The largest absolute Gasteiger partial charge is 0.467 e. The minimum atomic E-state index is -4.70. The Balaban J connectivity index is 1.54. The zero-order valence-corrected chi connectivity index (χ0v) is 20.7. The second-order valence-corrected chi connectivity index (χ2v) is 9.53. The second-order valence-electron chi connectivity index (χ2n) is 9.12. The summed E-state index contributed by atoms with van der Waals surface area (Å²) in [6, 6.07) is 8.42. The number of halogens is 4. The van der Waals surface area contributed by atoms with Crippen molar-refractivity contribution in [2.45, 2.75) is 43.9 Å². The van der Waals surface area contributed by atoms with Gasteiger partial charge >= 0.3 is 12.1 Å². The van der Waals surface area contributed by atoms with E-state index in [9.17, 15) is 32.9 Å². The lowest BCUT2D eigenvalue weighted by Crippen LogP contribution is -2.48. The number of anilines is 1. The van der Waals surface area contributed by atoms with E-state index in [1.807, 2.05) is 12.1 Å². The molecule has 0 spiro atoms. The maximum absolute atomic E-state index is 13.7. The molecule has 0 unspecified atom stereocenters. The van der Waals surface area contributed by atoms with Gasteiger partial charge in [-0.05, 0) is 49.4 Å². The Kier molecular flexibility index (Phi) is 7.63. The summed E-state index contributed by atoms with van der Waals surface area (Å²) in [7, 11) is 1.27. The van der Waals surface area contributed by atoms with Gasteiger partial charge in [0.05, 0.1) is 23.6 Å². The van der Waals surface area contributed by atoms with Gasteiger partial charge in [0.2, 0.25) is 5.91 Å². The number of amides is 1. The number of hydrogen-bond acceptors (Lipinski definition) is 6. The highest BCUT2D eigenvalue weighted by atomic mass is 35.5. The van der Waals surface area contributed by atoms with Crippen molar-refractivity contribution in [2.24, 2.45) is 5.92 Å². The van der Waals surface area contributed by atoms with Gasteiger partial charge in [0.25, 0.3) is 5.69 Å². The molecule has 4 rings (SSSR count). The average Bonchev–Trinajstić information content (AvgIpc) is 3.32. The van der Waals surface area contributed by atoms with Crippen molar-refractivity contribution in [1.29, 1.82) is 0 Å². The number of nitrogens with zero attached hydrogens (tertiary/aromatic N) is 3.